The van der Waals surface area contributed by atoms with Crippen LogP contribution in [0.4, 0.5) is 5.69 Å². The Balaban J connectivity index is 2.24. The van der Waals surface area contributed by atoms with Crippen LogP contribution in [0.15, 0.2) is 72.2 Å². The summed E-state index contributed by atoms with van der Waals surface area (Å²) in [6, 6.07) is 16.4. The molecule has 0 radical (unpaired) electrons. The lowest BCUT2D eigenvalue weighted by Crippen LogP contribution is -2.41. The molecule has 0 spiro atoms. The number of hydrogen-bond donors (Lipinski definition) is 1. The average molecular weight is 411 g/mol. The first-order chi connectivity index (χ1) is 13.9. The van der Waals surface area contributed by atoms with Gasteiger partial charge in [0.15, 0.2) is 4.91 Å². The molecule has 1 N–H and O–H groups in total. The molecule has 0 saturated heterocycles. The van der Waals surface area contributed by atoms with E-state index in [-0.39, 0.29) is 11.4 Å². The molecule has 1 aliphatic rings. The number of rotatable bonds is 7. The maximum atomic E-state index is 13.5. The molecule has 0 fully saturated rings. The van der Waals surface area contributed by atoms with E-state index in [0.29, 0.717) is 34.9 Å². The van der Waals surface area contributed by atoms with E-state index in [4.69, 9.17) is 0 Å². The lowest BCUT2D eigenvalue weighted by molar-refractivity contribution is -0.116. The molecule has 0 bridgehead atoms. The highest BCUT2D eigenvalue weighted by atomic mass is 32.2. The zero-order chi connectivity index (χ0) is 21.0. The number of para-hydroxylation sites is 1. The standard InChI is InChI=1S/C23H26N2O3S/c1-4-16-25-20-13-9-8-12-19(20)21(18-10-6-5-7-11-18)22(29(25,27)28)23(26)24-15-14-17(2)3/h4-13,17H,1,14-16H2,2-3H3,(H,24,26). The van der Waals surface area contributed by atoms with Gasteiger partial charge >= 0.3 is 0 Å². The number of amides is 1. The highest BCUT2D eigenvalue weighted by molar-refractivity contribution is 7.97. The van der Waals surface area contributed by atoms with Crippen molar-refractivity contribution in [1.29, 1.82) is 0 Å². The quantitative estimate of drug-likeness (QED) is 0.703. The topological polar surface area (TPSA) is 66.5 Å². The van der Waals surface area contributed by atoms with E-state index in [1.54, 1.807) is 12.1 Å². The minimum atomic E-state index is -4.06. The monoisotopic (exact) mass is 410 g/mol. The van der Waals surface area contributed by atoms with Crippen molar-refractivity contribution in [1.82, 2.24) is 5.32 Å². The number of carbonyl (C=O) groups is 1. The molecule has 0 unspecified atom stereocenters. The summed E-state index contributed by atoms with van der Waals surface area (Å²) in [5.74, 6) is -0.174. The number of hydrogen-bond acceptors (Lipinski definition) is 3. The normalized spacial score (nSPS) is 15.2. The van der Waals surface area contributed by atoms with Gasteiger partial charge in [-0.2, -0.15) is 0 Å². The first kappa shape index (κ1) is 20.9. The molecule has 6 heteroatoms. The second-order valence-electron chi connectivity index (χ2n) is 7.35. The Morgan fingerprint density at radius 3 is 2.41 bits per heavy atom. The highest BCUT2D eigenvalue weighted by Gasteiger charge is 2.40. The van der Waals surface area contributed by atoms with E-state index in [2.05, 4.69) is 25.7 Å². The van der Waals surface area contributed by atoms with Crippen molar-refractivity contribution in [2.75, 3.05) is 17.4 Å². The van der Waals surface area contributed by atoms with Crippen LogP contribution in [0.3, 0.4) is 0 Å². The average Bonchev–Trinajstić information content (AvgIpc) is 2.69. The van der Waals surface area contributed by atoms with E-state index in [9.17, 15) is 13.2 Å². The van der Waals surface area contributed by atoms with Crippen LogP contribution in [-0.2, 0) is 14.8 Å². The first-order valence-corrected chi connectivity index (χ1v) is 11.1. The molecule has 3 rings (SSSR count). The van der Waals surface area contributed by atoms with Crippen LogP contribution < -0.4 is 9.62 Å². The van der Waals surface area contributed by atoms with Gasteiger partial charge < -0.3 is 5.32 Å². The summed E-state index contributed by atoms with van der Waals surface area (Å²) in [7, 11) is -4.06. The van der Waals surface area contributed by atoms with Crippen molar-refractivity contribution in [3.63, 3.8) is 0 Å². The van der Waals surface area contributed by atoms with Gasteiger partial charge in [-0.25, -0.2) is 8.42 Å². The third-order valence-electron chi connectivity index (χ3n) is 4.79. The maximum absolute atomic E-state index is 13.5. The molecule has 0 atom stereocenters. The van der Waals surface area contributed by atoms with E-state index in [0.717, 1.165) is 6.42 Å². The van der Waals surface area contributed by atoms with Gasteiger partial charge in [0.1, 0.15) is 0 Å². The molecule has 2 aromatic carbocycles. The van der Waals surface area contributed by atoms with Gasteiger partial charge in [-0.1, -0.05) is 68.5 Å². The molecule has 1 heterocycles. The van der Waals surface area contributed by atoms with Gasteiger partial charge in [0.05, 0.1) is 12.2 Å². The second kappa shape index (κ2) is 8.66. The Morgan fingerprint density at radius 2 is 1.76 bits per heavy atom. The molecular weight excluding hydrogens is 384 g/mol. The van der Waals surface area contributed by atoms with Crippen molar-refractivity contribution in [2.45, 2.75) is 20.3 Å². The van der Waals surface area contributed by atoms with Crippen molar-refractivity contribution in [2.24, 2.45) is 5.92 Å². The third-order valence-corrected chi connectivity index (χ3v) is 6.62. The van der Waals surface area contributed by atoms with Crippen LogP contribution in [0.5, 0.6) is 0 Å². The molecular formula is C23H26N2O3S. The largest absolute Gasteiger partial charge is 0.351 e. The van der Waals surface area contributed by atoms with Gasteiger partial charge in [-0.15, -0.1) is 6.58 Å². The van der Waals surface area contributed by atoms with Crippen LogP contribution in [0, 0.1) is 5.92 Å². The van der Waals surface area contributed by atoms with Crippen LogP contribution in [0.25, 0.3) is 5.57 Å². The fourth-order valence-electron chi connectivity index (χ4n) is 3.38. The van der Waals surface area contributed by atoms with Crippen LogP contribution in [0.1, 0.15) is 31.4 Å². The van der Waals surface area contributed by atoms with E-state index in [1.165, 1.54) is 10.4 Å². The summed E-state index contributed by atoms with van der Waals surface area (Å²) in [6.45, 7) is 8.30. The first-order valence-electron chi connectivity index (χ1n) is 9.69. The second-order valence-corrected chi connectivity index (χ2v) is 9.15. The molecule has 1 aliphatic heterocycles. The summed E-state index contributed by atoms with van der Waals surface area (Å²) in [5.41, 5.74) is 2.38. The summed E-state index contributed by atoms with van der Waals surface area (Å²) in [6.07, 6.45) is 2.29. The number of carbonyl (C=O) groups excluding carboxylic acids is 1. The number of sulfonamides is 1. The highest BCUT2D eigenvalue weighted by Crippen LogP contribution is 2.42. The zero-order valence-corrected chi connectivity index (χ0v) is 17.6. The van der Waals surface area contributed by atoms with Crippen LogP contribution in [0.2, 0.25) is 0 Å². The Morgan fingerprint density at radius 1 is 1.10 bits per heavy atom. The molecule has 1 amide bonds. The van der Waals surface area contributed by atoms with Gasteiger partial charge in [-0.3, -0.25) is 9.10 Å². The minimum Gasteiger partial charge on any atom is -0.351 e. The molecule has 5 nitrogen and oxygen atoms in total. The summed E-state index contributed by atoms with van der Waals surface area (Å²) >= 11 is 0. The Kier molecular flexibility index (Phi) is 6.23. The summed E-state index contributed by atoms with van der Waals surface area (Å²) < 4.78 is 28.3. The number of anilines is 1. The molecule has 0 aromatic heterocycles. The summed E-state index contributed by atoms with van der Waals surface area (Å²) in [5, 5.41) is 2.80. The molecule has 0 aliphatic carbocycles. The van der Waals surface area contributed by atoms with Crippen molar-refractivity contribution in [3.8, 4) is 0 Å². The van der Waals surface area contributed by atoms with Crippen molar-refractivity contribution < 1.29 is 13.2 Å². The Labute approximate surface area is 172 Å². The SMILES string of the molecule is C=CCN1c2ccccc2C(c2ccccc2)=C(C(=O)NCCC(C)C)S1(=O)=O. The predicted molar refractivity (Wildman–Crippen MR) is 118 cm³/mol. The van der Waals surface area contributed by atoms with Gasteiger partial charge in [0.25, 0.3) is 15.9 Å². The number of nitrogens with one attached hydrogen (secondary N) is 1. The van der Waals surface area contributed by atoms with E-state index in [1.807, 2.05) is 42.5 Å². The number of nitrogens with zero attached hydrogens (tertiary/aromatic N) is 1. The smallest absolute Gasteiger partial charge is 0.270 e. The Bertz CT molecular complexity index is 1040. The minimum absolute atomic E-state index is 0.0875. The molecule has 2 aromatic rings. The zero-order valence-electron chi connectivity index (χ0n) is 16.8. The van der Waals surface area contributed by atoms with E-state index < -0.39 is 15.9 Å². The number of fused-ring (bicyclic) bond motifs is 1. The van der Waals surface area contributed by atoms with E-state index >= 15 is 0 Å². The molecule has 0 saturated carbocycles. The lowest BCUT2D eigenvalue weighted by atomic mass is 9.95. The third kappa shape index (κ3) is 4.12. The fourth-order valence-corrected chi connectivity index (χ4v) is 5.12. The lowest BCUT2D eigenvalue weighted by Gasteiger charge is -2.32. The van der Waals surface area contributed by atoms with Gasteiger partial charge in [0.2, 0.25) is 0 Å². The molecule has 152 valence electrons. The van der Waals surface area contributed by atoms with Crippen LogP contribution in [-0.4, -0.2) is 27.4 Å². The maximum Gasteiger partial charge on any atom is 0.270 e. The van der Waals surface area contributed by atoms with Crippen molar-refractivity contribution in [3.05, 3.63) is 83.3 Å². The van der Waals surface area contributed by atoms with Crippen molar-refractivity contribution >= 4 is 27.2 Å². The van der Waals surface area contributed by atoms with Crippen LogP contribution >= 0.6 is 0 Å². The number of benzene rings is 2. The predicted octanol–water partition coefficient (Wildman–Crippen LogP) is 3.94. The van der Waals surface area contributed by atoms with Gasteiger partial charge in [0, 0.05) is 17.7 Å². The van der Waals surface area contributed by atoms with Gasteiger partial charge in [-0.05, 0) is 24.0 Å². The molecule has 29 heavy (non-hydrogen) atoms. The summed E-state index contributed by atoms with van der Waals surface area (Å²) in [4.78, 5) is 12.9. The Hall–Kier alpha value is -2.86. The fraction of sp³-hybridized carbons (Fsp3) is 0.261.